The molecule has 19 heavy (non-hydrogen) atoms. The molecule has 0 atom stereocenters. The number of hydrogen-bond acceptors (Lipinski definition) is 6. The number of carbonyl (C=O) groups is 1. The molecule has 0 saturated carbocycles. The molecule has 1 aliphatic heterocycles. The molecule has 0 unspecified atom stereocenters. The zero-order valence-electron chi connectivity index (χ0n) is 12.3. The SMILES string of the molecule is CCOP(=O)(OCC)ON1C(C)(C)NC(=O)C1(C)C. The van der Waals surface area contributed by atoms with Crippen molar-refractivity contribution in [3.05, 3.63) is 0 Å². The third-order valence-corrected chi connectivity index (χ3v) is 4.26. The standard InChI is InChI=1S/C11H23N2O5P/c1-7-16-19(15,17-8-2)18-13-10(3,4)9(14)12-11(13,5)6/h7-8H2,1-6H3,(H,12,14). The molecular formula is C11H23N2O5P. The summed E-state index contributed by atoms with van der Waals surface area (Å²) in [4.78, 5) is 11.9. The Morgan fingerprint density at radius 1 is 1.16 bits per heavy atom. The van der Waals surface area contributed by atoms with Crippen molar-refractivity contribution in [2.75, 3.05) is 13.2 Å². The Kier molecular flexibility index (Phi) is 4.80. The topological polar surface area (TPSA) is 77.1 Å². The van der Waals surface area contributed by atoms with E-state index in [1.807, 2.05) is 0 Å². The highest BCUT2D eigenvalue weighted by Crippen LogP contribution is 2.53. The van der Waals surface area contributed by atoms with Crippen molar-refractivity contribution in [2.24, 2.45) is 0 Å². The maximum Gasteiger partial charge on any atom is 0.491 e. The van der Waals surface area contributed by atoms with Gasteiger partial charge in [-0.05, 0) is 41.5 Å². The second-order valence-electron chi connectivity index (χ2n) is 5.23. The average molecular weight is 294 g/mol. The summed E-state index contributed by atoms with van der Waals surface area (Å²) in [6.45, 7) is 10.6. The predicted octanol–water partition coefficient (Wildman–Crippen LogP) is 2.05. The zero-order valence-corrected chi connectivity index (χ0v) is 13.2. The van der Waals surface area contributed by atoms with Crippen LogP contribution in [-0.4, -0.2) is 35.4 Å². The molecule has 0 aromatic carbocycles. The van der Waals surface area contributed by atoms with Gasteiger partial charge < -0.3 is 5.32 Å². The molecule has 7 nitrogen and oxygen atoms in total. The fourth-order valence-corrected chi connectivity index (χ4v) is 3.39. The molecule has 112 valence electrons. The monoisotopic (exact) mass is 294 g/mol. The molecule has 1 aliphatic rings. The van der Waals surface area contributed by atoms with E-state index in [0.29, 0.717) is 0 Å². The van der Waals surface area contributed by atoms with Crippen molar-refractivity contribution in [1.29, 1.82) is 0 Å². The minimum atomic E-state index is -3.72. The fraction of sp³-hybridized carbons (Fsp3) is 0.909. The minimum Gasteiger partial charge on any atom is -0.335 e. The van der Waals surface area contributed by atoms with Crippen molar-refractivity contribution >= 4 is 13.7 Å². The van der Waals surface area contributed by atoms with E-state index in [4.69, 9.17) is 13.7 Å². The number of hydroxylamine groups is 2. The van der Waals surface area contributed by atoms with Crippen LogP contribution >= 0.6 is 7.82 Å². The third kappa shape index (κ3) is 3.35. The molecule has 8 heteroatoms. The molecule has 0 radical (unpaired) electrons. The Morgan fingerprint density at radius 3 is 1.95 bits per heavy atom. The van der Waals surface area contributed by atoms with Crippen LogP contribution in [0.15, 0.2) is 0 Å². The summed E-state index contributed by atoms with van der Waals surface area (Å²) in [6, 6.07) is 0. The van der Waals surface area contributed by atoms with E-state index >= 15 is 0 Å². The zero-order chi connectivity index (χ0) is 14.9. The van der Waals surface area contributed by atoms with Gasteiger partial charge in [0.25, 0.3) is 0 Å². The second kappa shape index (κ2) is 5.50. The smallest absolute Gasteiger partial charge is 0.335 e. The van der Waals surface area contributed by atoms with Gasteiger partial charge in [-0.25, -0.2) is 4.57 Å². The Balaban J connectivity index is 3.00. The fourth-order valence-electron chi connectivity index (χ4n) is 1.98. The van der Waals surface area contributed by atoms with Gasteiger partial charge >= 0.3 is 7.82 Å². The molecule has 0 aromatic heterocycles. The van der Waals surface area contributed by atoms with Gasteiger partial charge in [-0.2, -0.15) is 4.62 Å². The Hall–Kier alpha value is -0.460. The molecule has 0 aliphatic carbocycles. The van der Waals surface area contributed by atoms with Crippen LogP contribution in [0, 0.1) is 0 Å². The number of hydrogen-bond donors (Lipinski definition) is 1. The first kappa shape index (κ1) is 16.6. The van der Waals surface area contributed by atoms with Crippen LogP contribution in [0.5, 0.6) is 0 Å². The molecule has 0 aromatic rings. The lowest BCUT2D eigenvalue weighted by Gasteiger charge is -2.36. The summed E-state index contributed by atoms with van der Waals surface area (Å²) in [5.41, 5.74) is -1.77. The number of amides is 1. The summed E-state index contributed by atoms with van der Waals surface area (Å²) in [7, 11) is -3.72. The normalized spacial score (nSPS) is 22.5. The summed E-state index contributed by atoms with van der Waals surface area (Å²) >= 11 is 0. The van der Waals surface area contributed by atoms with Gasteiger partial charge in [-0.1, -0.05) is 0 Å². The second-order valence-corrected chi connectivity index (χ2v) is 6.81. The Labute approximate surface area is 114 Å². The Morgan fingerprint density at radius 2 is 1.63 bits per heavy atom. The van der Waals surface area contributed by atoms with Gasteiger partial charge in [0.1, 0.15) is 11.2 Å². The van der Waals surface area contributed by atoms with E-state index in [1.54, 1.807) is 41.5 Å². The lowest BCUT2D eigenvalue weighted by atomic mass is 10.1. The molecule has 1 N–H and O–H groups in total. The number of phosphoric ester groups is 1. The quantitative estimate of drug-likeness (QED) is 0.755. The summed E-state index contributed by atoms with van der Waals surface area (Å²) in [5.74, 6) is -0.211. The van der Waals surface area contributed by atoms with E-state index in [0.717, 1.165) is 0 Å². The average Bonchev–Trinajstić information content (AvgIpc) is 2.39. The van der Waals surface area contributed by atoms with Gasteiger partial charge in [-0.15, -0.1) is 5.06 Å². The first-order chi connectivity index (χ1) is 8.59. The predicted molar refractivity (Wildman–Crippen MR) is 70.1 cm³/mol. The summed E-state index contributed by atoms with van der Waals surface area (Å²) in [5, 5.41) is 4.11. The van der Waals surface area contributed by atoms with Crippen LogP contribution in [0.2, 0.25) is 0 Å². The van der Waals surface area contributed by atoms with Crippen LogP contribution in [0.25, 0.3) is 0 Å². The van der Waals surface area contributed by atoms with Crippen LogP contribution < -0.4 is 5.32 Å². The number of carbonyl (C=O) groups excluding carboxylic acids is 1. The van der Waals surface area contributed by atoms with Crippen molar-refractivity contribution in [2.45, 2.75) is 52.7 Å². The third-order valence-electron chi connectivity index (χ3n) is 2.75. The molecular weight excluding hydrogens is 271 g/mol. The largest absolute Gasteiger partial charge is 0.491 e. The highest BCUT2D eigenvalue weighted by molar-refractivity contribution is 7.48. The highest BCUT2D eigenvalue weighted by Gasteiger charge is 2.55. The first-order valence-corrected chi connectivity index (χ1v) is 7.77. The highest BCUT2D eigenvalue weighted by atomic mass is 31.2. The van der Waals surface area contributed by atoms with E-state index in [9.17, 15) is 9.36 Å². The van der Waals surface area contributed by atoms with E-state index in [2.05, 4.69) is 5.32 Å². The molecule has 1 saturated heterocycles. The number of rotatable bonds is 6. The lowest BCUT2D eigenvalue weighted by Crippen LogP contribution is -2.50. The van der Waals surface area contributed by atoms with Crippen LogP contribution in [0.3, 0.4) is 0 Å². The molecule has 1 fully saturated rings. The van der Waals surface area contributed by atoms with Gasteiger partial charge in [-0.3, -0.25) is 13.8 Å². The number of phosphoric acid groups is 1. The van der Waals surface area contributed by atoms with Crippen molar-refractivity contribution in [3.8, 4) is 0 Å². The van der Waals surface area contributed by atoms with Crippen molar-refractivity contribution in [1.82, 2.24) is 10.4 Å². The number of nitrogens with one attached hydrogen (secondary N) is 1. The van der Waals surface area contributed by atoms with Crippen LogP contribution in [0.4, 0.5) is 0 Å². The van der Waals surface area contributed by atoms with E-state index in [1.165, 1.54) is 5.06 Å². The maximum atomic E-state index is 12.4. The van der Waals surface area contributed by atoms with E-state index < -0.39 is 19.0 Å². The Bertz CT molecular complexity index is 387. The summed E-state index contributed by atoms with van der Waals surface area (Å²) in [6.07, 6.45) is 0. The van der Waals surface area contributed by atoms with Crippen molar-refractivity contribution < 1.29 is 23.0 Å². The molecule has 1 rings (SSSR count). The van der Waals surface area contributed by atoms with E-state index in [-0.39, 0.29) is 19.1 Å². The maximum absolute atomic E-state index is 12.4. The number of nitrogens with zero attached hydrogens (tertiary/aromatic N) is 1. The first-order valence-electron chi connectivity index (χ1n) is 6.31. The molecule has 1 amide bonds. The molecule has 0 bridgehead atoms. The van der Waals surface area contributed by atoms with Crippen LogP contribution in [-0.2, 0) is 23.0 Å². The van der Waals surface area contributed by atoms with Gasteiger partial charge in [0, 0.05) is 0 Å². The van der Waals surface area contributed by atoms with Gasteiger partial charge in [0.2, 0.25) is 5.91 Å². The molecule has 1 heterocycles. The minimum absolute atomic E-state index is 0.188. The molecule has 0 spiro atoms. The lowest BCUT2D eigenvalue weighted by molar-refractivity contribution is -0.186. The van der Waals surface area contributed by atoms with Gasteiger partial charge in [0.05, 0.1) is 13.2 Å². The van der Waals surface area contributed by atoms with Crippen LogP contribution in [0.1, 0.15) is 41.5 Å². The van der Waals surface area contributed by atoms with Crippen molar-refractivity contribution in [3.63, 3.8) is 0 Å². The van der Waals surface area contributed by atoms with Gasteiger partial charge in [0.15, 0.2) is 0 Å². The summed E-state index contributed by atoms with van der Waals surface area (Å²) < 4.78 is 28.0.